The van der Waals surface area contributed by atoms with Crippen molar-refractivity contribution in [2.45, 2.75) is 38.5 Å². The Morgan fingerprint density at radius 2 is 1.89 bits per heavy atom. The average Bonchev–Trinajstić information content (AvgIpc) is 2.28. The molecule has 0 amide bonds. The second kappa shape index (κ2) is 6.36. The van der Waals surface area contributed by atoms with E-state index in [9.17, 15) is 8.94 Å². The van der Waals surface area contributed by atoms with E-state index >= 15 is 0 Å². The first-order chi connectivity index (χ1) is 8.30. The molecule has 0 aliphatic rings. The number of rotatable bonds is 4. The van der Waals surface area contributed by atoms with Gasteiger partial charge in [0, 0.05) is 16.9 Å². The van der Waals surface area contributed by atoms with Crippen molar-refractivity contribution >= 4 is 17.2 Å². The first-order valence-electron chi connectivity index (χ1n) is 5.91. The highest BCUT2D eigenvalue weighted by molar-refractivity contribution is 7.90. The lowest BCUT2D eigenvalue weighted by Crippen LogP contribution is -2.43. The third-order valence-electron chi connectivity index (χ3n) is 2.30. The van der Waals surface area contributed by atoms with Crippen LogP contribution in [0.15, 0.2) is 36.4 Å². The van der Waals surface area contributed by atoms with Crippen LogP contribution in [0.1, 0.15) is 33.3 Å². The zero-order chi connectivity index (χ0) is 13.8. The first kappa shape index (κ1) is 15.2. The molecule has 0 saturated heterocycles. The molecule has 1 aromatic rings. The van der Waals surface area contributed by atoms with Gasteiger partial charge in [-0.15, -0.1) is 4.72 Å². The van der Waals surface area contributed by atoms with E-state index in [0.29, 0.717) is 5.56 Å². The molecule has 100 valence electrons. The predicted molar refractivity (Wildman–Crippen MR) is 76.0 cm³/mol. The molecule has 1 N–H and O–H groups in total. The Bertz CT molecular complexity index is 400. The van der Waals surface area contributed by atoms with Crippen LogP contribution in [0, 0.1) is 0 Å². The van der Waals surface area contributed by atoms with E-state index in [1.54, 1.807) is 31.2 Å². The Morgan fingerprint density at radius 3 is 2.39 bits per heavy atom. The monoisotopic (exact) mass is 269 g/mol. The van der Waals surface area contributed by atoms with Gasteiger partial charge < -0.3 is 4.55 Å². The van der Waals surface area contributed by atoms with Gasteiger partial charge in [0.15, 0.2) is 0 Å². The molecule has 18 heavy (non-hydrogen) atoms. The molecule has 2 nitrogen and oxygen atoms in total. The molecule has 0 heterocycles. The van der Waals surface area contributed by atoms with Gasteiger partial charge in [-0.3, -0.25) is 0 Å². The van der Waals surface area contributed by atoms with Crippen molar-refractivity contribution in [3.8, 4) is 0 Å². The number of halogens is 1. The maximum Gasteiger partial charge on any atom is 0.136 e. The first-order valence-corrected chi connectivity index (χ1v) is 7.06. The molecule has 1 rings (SSSR count). The molecule has 0 bridgehead atoms. The van der Waals surface area contributed by atoms with Gasteiger partial charge in [0.05, 0.1) is 6.04 Å². The Labute approximate surface area is 112 Å². The smallest absolute Gasteiger partial charge is 0.136 e. The quantitative estimate of drug-likeness (QED) is 0.850. The lowest BCUT2D eigenvalue weighted by Gasteiger charge is -2.25. The fourth-order valence-corrected chi connectivity index (χ4v) is 2.05. The van der Waals surface area contributed by atoms with Crippen molar-refractivity contribution in [3.05, 3.63) is 42.0 Å². The van der Waals surface area contributed by atoms with Crippen molar-refractivity contribution in [1.29, 1.82) is 0 Å². The van der Waals surface area contributed by atoms with E-state index in [1.807, 2.05) is 26.8 Å². The van der Waals surface area contributed by atoms with Crippen LogP contribution in [0.25, 0.3) is 5.83 Å². The average molecular weight is 269 g/mol. The summed E-state index contributed by atoms with van der Waals surface area (Å²) in [5.41, 5.74) is 0.535. The van der Waals surface area contributed by atoms with Crippen LogP contribution in [-0.4, -0.2) is 15.3 Å². The standard InChI is InChI=1S/C14H20FNOS/c1-11(16-18(17)14(2,3)4)10-13(15)12-8-6-5-7-9-12/h5-11,16H,1-4H3. The van der Waals surface area contributed by atoms with Crippen LogP contribution < -0.4 is 4.72 Å². The van der Waals surface area contributed by atoms with Crippen molar-refractivity contribution < 1.29 is 8.94 Å². The van der Waals surface area contributed by atoms with Crippen LogP contribution in [0.2, 0.25) is 0 Å². The number of nitrogens with one attached hydrogen (secondary N) is 1. The summed E-state index contributed by atoms with van der Waals surface area (Å²) in [6.07, 6.45) is 1.44. The van der Waals surface area contributed by atoms with Gasteiger partial charge in [-0.1, -0.05) is 30.3 Å². The molecule has 0 fully saturated rings. The van der Waals surface area contributed by atoms with Crippen LogP contribution in [0.5, 0.6) is 0 Å². The fraction of sp³-hybridized carbons (Fsp3) is 0.429. The summed E-state index contributed by atoms with van der Waals surface area (Å²) in [5, 5.41) is 0. The summed E-state index contributed by atoms with van der Waals surface area (Å²) >= 11 is -1.20. The normalized spacial score (nSPS) is 16.4. The van der Waals surface area contributed by atoms with Crippen LogP contribution in [0.3, 0.4) is 0 Å². The minimum atomic E-state index is -1.20. The zero-order valence-corrected chi connectivity index (χ0v) is 12.1. The maximum atomic E-state index is 13.9. The van der Waals surface area contributed by atoms with E-state index in [-0.39, 0.29) is 16.6 Å². The minimum Gasteiger partial charge on any atom is -0.598 e. The number of benzene rings is 1. The van der Waals surface area contributed by atoms with Crippen molar-refractivity contribution in [2.24, 2.45) is 0 Å². The highest BCUT2D eigenvalue weighted by atomic mass is 32.2. The second-order valence-corrected chi connectivity index (χ2v) is 7.17. The molecule has 0 aromatic heterocycles. The van der Waals surface area contributed by atoms with Crippen molar-refractivity contribution in [1.82, 2.24) is 4.72 Å². The molecule has 4 heteroatoms. The molecule has 1 aromatic carbocycles. The van der Waals surface area contributed by atoms with Gasteiger partial charge in [-0.05, 0) is 33.8 Å². The van der Waals surface area contributed by atoms with Gasteiger partial charge in [0.1, 0.15) is 10.6 Å². The molecule has 0 radical (unpaired) electrons. The van der Waals surface area contributed by atoms with Gasteiger partial charge in [-0.25, -0.2) is 4.39 Å². The molecule has 2 unspecified atom stereocenters. The Morgan fingerprint density at radius 1 is 1.33 bits per heavy atom. The molecule has 2 atom stereocenters. The Hall–Kier alpha value is -0.840. The molecular weight excluding hydrogens is 249 g/mol. The van der Waals surface area contributed by atoms with Gasteiger partial charge >= 0.3 is 0 Å². The van der Waals surface area contributed by atoms with E-state index in [1.165, 1.54) is 6.08 Å². The van der Waals surface area contributed by atoms with E-state index in [2.05, 4.69) is 4.72 Å². The van der Waals surface area contributed by atoms with E-state index in [4.69, 9.17) is 0 Å². The lowest BCUT2D eigenvalue weighted by molar-refractivity contribution is 0.539. The number of hydrogen-bond donors (Lipinski definition) is 1. The predicted octanol–water partition coefficient (Wildman–Crippen LogP) is 3.44. The Kier molecular flexibility index (Phi) is 5.38. The van der Waals surface area contributed by atoms with E-state index < -0.39 is 11.4 Å². The summed E-state index contributed by atoms with van der Waals surface area (Å²) in [7, 11) is 0. The maximum absolute atomic E-state index is 13.9. The largest absolute Gasteiger partial charge is 0.598 e. The molecule has 0 aliphatic carbocycles. The topological polar surface area (TPSA) is 35.1 Å². The SMILES string of the molecule is CC(C=C(F)c1ccccc1)N[S+]([O-])C(C)(C)C. The van der Waals surface area contributed by atoms with Crippen LogP contribution in [-0.2, 0) is 11.4 Å². The lowest BCUT2D eigenvalue weighted by atomic mass is 10.1. The second-order valence-electron chi connectivity index (χ2n) is 5.17. The third kappa shape index (κ3) is 4.80. The van der Waals surface area contributed by atoms with Gasteiger partial charge in [-0.2, -0.15) is 0 Å². The fourth-order valence-electron chi connectivity index (χ4n) is 1.29. The molecule has 0 spiro atoms. The van der Waals surface area contributed by atoms with E-state index in [0.717, 1.165) is 0 Å². The minimum absolute atomic E-state index is 0.287. The van der Waals surface area contributed by atoms with Crippen LogP contribution in [0.4, 0.5) is 4.39 Å². The summed E-state index contributed by atoms with van der Waals surface area (Å²) in [6.45, 7) is 7.41. The third-order valence-corrected chi connectivity index (χ3v) is 3.99. The van der Waals surface area contributed by atoms with Gasteiger partial charge in [0.25, 0.3) is 0 Å². The summed E-state index contributed by atoms with van der Waals surface area (Å²) in [6, 6.07) is 8.54. The van der Waals surface area contributed by atoms with Crippen molar-refractivity contribution in [2.75, 3.05) is 0 Å². The highest BCUT2D eigenvalue weighted by Gasteiger charge is 2.27. The highest BCUT2D eigenvalue weighted by Crippen LogP contribution is 2.18. The number of hydrogen-bond acceptors (Lipinski definition) is 2. The molecule has 0 aliphatic heterocycles. The van der Waals surface area contributed by atoms with Crippen molar-refractivity contribution in [3.63, 3.8) is 0 Å². The van der Waals surface area contributed by atoms with Crippen LogP contribution >= 0.6 is 0 Å². The molecule has 0 saturated carbocycles. The summed E-state index contributed by atoms with van der Waals surface area (Å²) < 4.78 is 28.2. The molecular formula is C14H20FNOS. The van der Waals surface area contributed by atoms with Gasteiger partial charge in [0.2, 0.25) is 0 Å². The summed E-state index contributed by atoms with van der Waals surface area (Å²) in [4.78, 5) is 0. The summed E-state index contributed by atoms with van der Waals surface area (Å²) in [5.74, 6) is -0.304. The zero-order valence-electron chi connectivity index (χ0n) is 11.2. The Balaban J connectivity index is 2.67.